The van der Waals surface area contributed by atoms with E-state index in [0.717, 1.165) is 25.9 Å². The molecule has 2 saturated heterocycles. The summed E-state index contributed by atoms with van der Waals surface area (Å²) in [5.41, 5.74) is 2.42. The molecule has 62 valence electrons. The zero-order chi connectivity index (χ0) is 7.68. The third kappa shape index (κ3) is 1.23. The fraction of sp³-hybridized carbons (Fsp3) is 0.857. The molecule has 2 heterocycles. The quantitative estimate of drug-likeness (QED) is 0.493. The fourth-order valence-corrected chi connectivity index (χ4v) is 1.66. The molecule has 2 N–H and O–H groups in total. The summed E-state index contributed by atoms with van der Waals surface area (Å²) >= 11 is 0. The minimum absolute atomic E-state index is 0.0544. The summed E-state index contributed by atoms with van der Waals surface area (Å²) in [5.74, 6) is 0.142. The SMILES string of the molecule is O=C1NOC2CCNCCC12. The lowest BCUT2D eigenvalue weighted by Crippen LogP contribution is -2.22. The van der Waals surface area contributed by atoms with E-state index in [-0.39, 0.29) is 17.9 Å². The van der Waals surface area contributed by atoms with E-state index in [1.54, 1.807) is 0 Å². The van der Waals surface area contributed by atoms with Gasteiger partial charge in [0.2, 0.25) is 5.91 Å². The van der Waals surface area contributed by atoms with E-state index in [4.69, 9.17) is 4.84 Å². The summed E-state index contributed by atoms with van der Waals surface area (Å²) in [4.78, 5) is 16.2. The number of nitrogens with one attached hydrogen (secondary N) is 2. The van der Waals surface area contributed by atoms with Crippen LogP contribution in [0.25, 0.3) is 0 Å². The van der Waals surface area contributed by atoms with E-state index in [0.29, 0.717) is 0 Å². The van der Waals surface area contributed by atoms with Gasteiger partial charge in [-0.3, -0.25) is 9.63 Å². The molecule has 0 spiro atoms. The molecule has 4 nitrogen and oxygen atoms in total. The van der Waals surface area contributed by atoms with Gasteiger partial charge in [-0.25, -0.2) is 5.48 Å². The highest BCUT2D eigenvalue weighted by Crippen LogP contribution is 2.21. The standard InChI is InChI=1S/C7H12N2O2/c10-7-5-1-3-8-4-2-6(5)11-9-7/h5-6,8H,1-4H2,(H,9,10). The molecule has 0 saturated carbocycles. The highest BCUT2D eigenvalue weighted by atomic mass is 16.7. The maximum absolute atomic E-state index is 11.1. The van der Waals surface area contributed by atoms with Crippen molar-refractivity contribution in [3.05, 3.63) is 0 Å². The molecule has 11 heavy (non-hydrogen) atoms. The lowest BCUT2D eigenvalue weighted by atomic mass is 9.98. The number of hydrogen-bond acceptors (Lipinski definition) is 3. The van der Waals surface area contributed by atoms with E-state index >= 15 is 0 Å². The van der Waals surface area contributed by atoms with E-state index < -0.39 is 0 Å². The van der Waals surface area contributed by atoms with E-state index in [1.165, 1.54) is 0 Å². The van der Waals surface area contributed by atoms with E-state index in [1.807, 2.05) is 0 Å². The van der Waals surface area contributed by atoms with Gasteiger partial charge in [0.1, 0.15) is 0 Å². The molecule has 2 aliphatic heterocycles. The smallest absolute Gasteiger partial charge is 0.249 e. The average Bonchev–Trinajstić information content (AvgIpc) is 2.25. The largest absolute Gasteiger partial charge is 0.317 e. The van der Waals surface area contributed by atoms with Crippen molar-refractivity contribution in [1.29, 1.82) is 0 Å². The summed E-state index contributed by atoms with van der Waals surface area (Å²) in [7, 11) is 0. The first kappa shape index (κ1) is 7.06. The van der Waals surface area contributed by atoms with Gasteiger partial charge >= 0.3 is 0 Å². The van der Waals surface area contributed by atoms with E-state index in [9.17, 15) is 4.79 Å². The van der Waals surface area contributed by atoms with Crippen molar-refractivity contribution in [3.63, 3.8) is 0 Å². The highest BCUT2D eigenvalue weighted by Gasteiger charge is 2.36. The fourth-order valence-electron chi connectivity index (χ4n) is 1.66. The Bertz CT molecular complexity index is 172. The van der Waals surface area contributed by atoms with Gasteiger partial charge in [-0.05, 0) is 25.9 Å². The summed E-state index contributed by atoms with van der Waals surface area (Å²) in [5, 5.41) is 3.24. The Balaban J connectivity index is 2.06. The Labute approximate surface area is 65.2 Å². The van der Waals surface area contributed by atoms with Crippen molar-refractivity contribution in [1.82, 2.24) is 10.8 Å². The summed E-state index contributed by atoms with van der Waals surface area (Å²) in [6.07, 6.45) is 1.94. The van der Waals surface area contributed by atoms with Crippen LogP contribution in [0.4, 0.5) is 0 Å². The first-order valence-corrected chi connectivity index (χ1v) is 4.04. The van der Waals surface area contributed by atoms with Gasteiger partial charge in [-0.1, -0.05) is 0 Å². The van der Waals surface area contributed by atoms with Crippen LogP contribution in [0, 0.1) is 5.92 Å². The van der Waals surface area contributed by atoms with Gasteiger partial charge < -0.3 is 5.32 Å². The molecule has 2 unspecified atom stereocenters. The zero-order valence-electron chi connectivity index (χ0n) is 6.30. The van der Waals surface area contributed by atoms with Crippen molar-refractivity contribution in [2.45, 2.75) is 18.9 Å². The Hall–Kier alpha value is -0.610. The van der Waals surface area contributed by atoms with Gasteiger partial charge in [0.25, 0.3) is 0 Å². The molecule has 0 aromatic carbocycles. The molecule has 0 radical (unpaired) electrons. The summed E-state index contributed by atoms with van der Waals surface area (Å²) < 4.78 is 0. The molecule has 2 atom stereocenters. The van der Waals surface area contributed by atoms with Gasteiger partial charge in [0.15, 0.2) is 0 Å². The second kappa shape index (κ2) is 2.79. The molecule has 4 heteroatoms. The zero-order valence-corrected chi connectivity index (χ0v) is 6.30. The Morgan fingerprint density at radius 2 is 2.18 bits per heavy atom. The third-order valence-electron chi connectivity index (χ3n) is 2.33. The topological polar surface area (TPSA) is 50.4 Å². The maximum Gasteiger partial charge on any atom is 0.249 e. The summed E-state index contributed by atoms with van der Waals surface area (Å²) in [6.45, 7) is 1.88. The average molecular weight is 156 g/mol. The number of carbonyl (C=O) groups is 1. The molecule has 2 fully saturated rings. The van der Waals surface area contributed by atoms with Crippen LogP contribution in [0.2, 0.25) is 0 Å². The van der Waals surface area contributed by atoms with Crippen molar-refractivity contribution in [3.8, 4) is 0 Å². The van der Waals surface area contributed by atoms with Gasteiger partial charge in [-0.2, -0.15) is 0 Å². The Morgan fingerprint density at radius 3 is 3.09 bits per heavy atom. The third-order valence-corrected chi connectivity index (χ3v) is 2.33. The predicted octanol–water partition coefficient (Wildman–Crippen LogP) is -0.584. The van der Waals surface area contributed by atoms with Crippen LogP contribution < -0.4 is 10.8 Å². The van der Waals surface area contributed by atoms with Crippen LogP contribution in [-0.4, -0.2) is 25.1 Å². The minimum atomic E-state index is 0.0544. The van der Waals surface area contributed by atoms with Crippen LogP contribution in [-0.2, 0) is 9.63 Å². The van der Waals surface area contributed by atoms with Crippen LogP contribution in [0.5, 0.6) is 0 Å². The molecule has 0 aromatic rings. The Kier molecular flexibility index (Phi) is 1.79. The number of carbonyl (C=O) groups excluding carboxylic acids is 1. The van der Waals surface area contributed by atoms with Crippen molar-refractivity contribution in [2.75, 3.05) is 13.1 Å². The minimum Gasteiger partial charge on any atom is -0.317 e. The first-order valence-electron chi connectivity index (χ1n) is 4.04. The molecular weight excluding hydrogens is 144 g/mol. The molecule has 2 rings (SSSR count). The molecule has 0 aromatic heterocycles. The lowest BCUT2D eigenvalue weighted by molar-refractivity contribution is -0.126. The predicted molar refractivity (Wildman–Crippen MR) is 38.6 cm³/mol. The van der Waals surface area contributed by atoms with Gasteiger partial charge in [0.05, 0.1) is 12.0 Å². The Morgan fingerprint density at radius 1 is 1.36 bits per heavy atom. The molecule has 1 amide bonds. The van der Waals surface area contributed by atoms with Crippen LogP contribution in [0.15, 0.2) is 0 Å². The molecular formula is C7H12N2O2. The summed E-state index contributed by atoms with van der Waals surface area (Å²) in [6, 6.07) is 0. The molecule has 0 aliphatic carbocycles. The van der Waals surface area contributed by atoms with Crippen molar-refractivity contribution >= 4 is 5.91 Å². The normalized spacial score (nSPS) is 37.6. The monoisotopic (exact) mass is 156 g/mol. The second-order valence-corrected chi connectivity index (χ2v) is 3.06. The number of fused-ring (bicyclic) bond motifs is 1. The van der Waals surface area contributed by atoms with Crippen molar-refractivity contribution in [2.24, 2.45) is 5.92 Å². The number of rotatable bonds is 0. The first-order chi connectivity index (χ1) is 5.38. The maximum atomic E-state index is 11.1. The van der Waals surface area contributed by atoms with Crippen LogP contribution in [0.3, 0.4) is 0 Å². The van der Waals surface area contributed by atoms with Gasteiger partial charge in [-0.15, -0.1) is 0 Å². The van der Waals surface area contributed by atoms with Gasteiger partial charge in [0, 0.05) is 0 Å². The molecule has 0 bridgehead atoms. The van der Waals surface area contributed by atoms with Crippen LogP contribution >= 0.6 is 0 Å². The van der Waals surface area contributed by atoms with Crippen LogP contribution in [0.1, 0.15) is 12.8 Å². The highest BCUT2D eigenvalue weighted by molar-refractivity contribution is 5.79. The van der Waals surface area contributed by atoms with E-state index in [2.05, 4.69) is 10.8 Å². The van der Waals surface area contributed by atoms with Crippen molar-refractivity contribution < 1.29 is 9.63 Å². The number of hydroxylamine groups is 1. The number of hydrogen-bond donors (Lipinski definition) is 2. The second-order valence-electron chi connectivity index (χ2n) is 3.06. The number of amides is 1. The lowest BCUT2D eigenvalue weighted by Gasteiger charge is -2.08. The molecule has 2 aliphatic rings.